The van der Waals surface area contributed by atoms with Gasteiger partial charge in [-0.2, -0.15) is 0 Å². The van der Waals surface area contributed by atoms with Gasteiger partial charge in [-0.25, -0.2) is 0 Å². The molecule has 3 saturated carbocycles. The molecule has 1 unspecified atom stereocenters. The van der Waals surface area contributed by atoms with E-state index in [4.69, 9.17) is 9.47 Å². The first kappa shape index (κ1) is 27.7. The lowest BCUT2D eigenvalue weighted by Gasteiger charge is -2.60. The summed E-state index contributed by atoms with van der Waals surface area (Å²) < 4.78 is 13.2. The van der Waals surface area contributed by atoms with Crippen LogP contribution in [0.4, 0.5) is 0 Å². The standard InChI is InChI=1S/C30H48O7/c1-17(16-31)7-8-25-29(6,37-26(2,3)36-25)24-10-12-30(35)19-13-21(32)20-14-22(33)23(34)15-27(20,4)18(19)9-11-28(24,30)5/h13,17-18,20,22-25,31,33-35H,7-12,14-16H2,1-6H3/t17?,18-,20-,22+,23-,24-,25+,27+,28+,29+,30+/m0/s1. The van der Waals surface area contributed by atoms with E-state index in [2.05, 4.69) is 20.8 Å². The number of aliphatic hydroxyl groups is 4. The zero-order chi connectivity index (χ0) is 27.2. The van der Waals surface area contributed by atoms with Gasteiger partial charge >= 0.3 is 0 Å². The van der Waals surface area contributed by atoms with Gasteiger partial charge in [-0.05, 0) is 107 Å². The predicted octanol–water partition coefficient (Wildman–Crippen LogP) is 3.51. The maximum Gasteiger partial charge on any atom is 0.164 e. The second-order valence-corrected chi connectivity index (χ2v) is 14.3. The van der Waals surface area contributed by atoms with E-state index in [1.807, 2.05) is 20.8 Å². The van der Waals surface area contributed by atoms with Crippen molar-refractivity contribution in [2.45, 2.75) is 128 Å². The van der Waals surface area contributed by atoms with Gasteiger partial charge < -0.3 is 29.9 Å². The maximum absolute atomic E-state index is 13.4. The molecule has 1 aliphatic heterocycles. The molecule has 5 aliphatic rings. The van der Waals surface area contributed by atoms with Crippen molar-refractivity contribution in [1.82, 2.24) is 0 Å². The summed E-state index contributed by atoms with van der Waals surface area (Å²) in [5.74, 6) is -0.879. The highest BCUT2D eigenvalue weighted by molar-refractivity contribution is 5.95. The molecule has 1 heterocycles. The van der Waals surface area contributed by atoms with Crippen LogP contribution in [0.2, 0.25) is 0 Å². The van der Waals surface area contributed by atoms with Crippen LogP contribution in [-0.4, -0.2) is 68.1 Å². The van der Waals surface area contributed by atoms with Gasteiger partial charge in [0.2, 0.25) is 0 Å². The fourth-order valence-electron chi connectivity index (χ4n) is 9.54. The van der Waals surface area contributed by atoms with E-state index >= 15 is 0 Å². The lowest BCUT2D eigenvalue weighted by atomic mass is 9.45. The molecule has 0 spiro atoms. The molecule has 0 bridgehead atoms. The number of ether oxygens (including phenoxy) is 2. The van der Waals surface area contributed by atoms with Gasteiger partial charge in [-0.1, -0.05) is 20.8 Å². The van der Waals surface area contributed by atoms with Crippen molar-refractivity contribution in [3.05, 3.63) is 11.6 Å². The van der Waals surface area contributed by atoms with Crippen molar-refractivity contribution in [1.29, 1.82) is 0 Å². The molecular weight excluding hydrogens is 472 g/mol. The number of hydrogen-bond acceptors (Lipinski definition) is 7. The maximum atomic E-state index is 13.4. The second kappa shape index (κ2) is 8.84. The van der Waals surface area contributed by atoms with Crippen LogP contribution in [0.1, 0.15) is 92.9 Å². The van der Waals surface area contributed by atoms with Gasteiger partial charge in [0.15, 0.2) is 11.6 Å². The highest BCUT2D eigenvalue weighted by atomic mass is 16.8. The molecule has 37 heavy (non-hydrogen) atoms. The van der Waals surface area contributed by atoms with Gasteiger partial charge in [0, 0.05) is 17.9 Å². The van der Waals surface area contributed by atoms with Gasteiger partial charge in [0.05, 0.1) is 29.5 Å². The molecule has 4 aliphatic carbocycles. The number of hydrogen-bond donors (Lipinski definition) is 4. The van der Waals surface area contributed by atoms with Crippen LogP contribution in [0.3, 0.4) is 0 Å². The minimum absolute atomic E-state index is 0.000342. The predicted molar refractivity (Wildman–Crippen MR) is 138 cm³/mol. The van der Waals surface area contributed by atoms with Gasteiger partial charge in [-0.15, -0.1) is 0 Å². The topological polar surface area (TPSA) is 116 Å². The Bertz CT molecular complexity index is 962. The van der Waals surface area contributed by atoms with Crippen LogP contribution < -0.4 is 0 Å². The summed E-state index contributed by atoms with van der Waals surface area (Å²) in [6.45, 7) is 12.5. The van der Waals surface area contributed by atoms with E-state index in [0.717, 1.165) is 37.7 Å². The van der Waals surface area contributed by atoms with Crippen molar-refractivity contribution in [3.8, 4) is 0 Å². The van der Waals surface area contributed by atoms with Crippen molar-refractivity contribution < 1.29 is 34.7 Å². The molecule has 0 amide bonds. The lowest BCUT2D eigenvalue weighted by molar-refractivity contribution is -0.191. The number of carbonyl (C=O) groups excluding carboxylic acids is 1. The molecule has 4 fully saturated rings. The van der Waals surface area contributed by atoms with E-state index in [-0.39, 0.29) is 48.6 Å². The molecule has 4 N–H and O–H groups in total. The van der Waals surface area contributed by atoms with Crippen molar-refractivity contribution in [2.24, 2.45) is 34.5 Å². The van der Waals surface area contributed by atoms with E-state index < -0.39 is 40.0 Å². The van der Waals surface area contributed by atoms with E-state index in [0.29, 0.717) is 12.8 Å². The molecular formula is C30H48O7. The molecule has 0 aromatic rings. The smallest absolute Gasteiger partial charge is 0.164 e. The average Bonchev–Trinajstić information content (AvgIpc) is 3.23. The zero-order valence-corrected chi connectivity index (χ0v) is 23.5. The molecule has 0 radical (unpaired) electrons. The van der Waals surface area contributed by atoms with Crippen LogP contribution in [-0.2, 0) is 14.3 Å². The van der Waals surface area contributed by atoms with Crippen molar-refractivity contribution >= 4 is 5.78 Å². The zero-order valence-electron chi connectivity index (χ0n) is 23.5. The Labute approximate surface area is 221 Å². The molecule has 11 atom stereocenters. The lowest BCUT2D eigenvalue weighted by Crippen LogP contribution is -2.62. The normalized spacial score (nSPS) is 51.7. The third kappa shape index (κ3) is 3.93. The molecule has 7 heteroatoms. The van der Waals surface area contributed by atoms with Crippen LogP contribution in [0.5, 0.6) is 0 Å². The first-order valence-corrected chi connectivity index (χ1v) is 14.4. The minimum Gasteiger partial charge on any atom is -0.396 e. The molecule has 210 valence electrons. The van der Waals surface area contributed by atoms with Crippen molar-refractivity contribution in [3.63, 3.8) is 0 Å². The fraction of sp³-hybridized carbons (Fsp3) is 0.900. The van der Waals surface area contributed by atoms with E-state index in [1.165, 1.54) is 0 Å². The monoisotopic (exact) mass is 520 g/mol. The third-order valence-electron chi connectivity index (χ3n) is 11.6. The van der Waals surface area contributed by atoms with Crippen LogP contribution in [0.15, 0.2) is 11.6 Å². The van der Waals surface area contributed by atoms with Gasteiger partial charge in [0.1, 0.15) is 0 Å². The summed E-state index contributed by atoms with van der Waals surface area (Å²) >= 11 is 0. The fourth-order valence-corrected chi connectivity index (χ4v) is 9.54. The molecule has 0 aromatic heterocycles. The molecule has 5 rings (SSSR count). The van der Waals surface area contributed by atoms with Crippen LogP contribution in [0, 0.1) is 34.5 Å². The number of ketones is 1. The number of allylic oxidation sites excluding steroid dienone is 1. The molecule has 7 nitrogen and oxygen atoms in total. The Hall–Kier alpha value is -0.830. The second-order valence-electron chi connectivity index (χ2n) is 14.3. The summed E-state index contributed by atoms with van der Waals surface area (Å²) in [6, 6.07) is 0. The average molecular weight is 521 g/mol. The Morgan fingerprint density at radius 1 is 1.05 bits per heavy atom. The Kier molecular flexibility index (Phi) is 6.62. The van der Waals surface area contributed by atoms with Gasteiger partial charge in [0.25, 0.3) is 0 Å². The van der Waals surface area contributed by atoms with Crippen LogP contribution in [0.25, 0.3) is 0 Å². The highest BCUT2D eigenvalue weighted by Crippen LogP contribution is 2.69. The minimum atomic E-state index is -1.13. The third-order valence-corrected chi connectivity index (χ3v) is 11.6. The highest BCUT2D eigenvalue weighted by Gasteiger charge is 2.71. The van der Waals surface area contributed by atoms with Gasteiger partial charge in [-0.3, -0.25) is 4.79 Å². The Morgan fingerprint density at radius 2 is 1.76 bits per heavy atom. The quantitative estimate of drug-likeness (QED) is 0.438. The summed E-state index contributed by atoms with van der Waals surface area (Å²) in [5, 5.41) is 43.0. The summed E-state index contributed by atoms with van der Waals surface area (Å²) in [5.41, 5.74) is -1.88. The summed E-state index contributed by atoms with van der Waals surface area (Å²) in [7, 11) is 0. The molecule has 1 saturated heterocycles. The Morgan fingerprint density at radius 3 is 2.43 bits per heavy atom. The SMILES string of the molecule is CC(CO)CC[C@H]1OC(C)(C)O[C@]1(C)[C@H]1CC[C@@]2(O)C3=CC(=O)[C@@H]4C[C@@H](O)[C@@H](O)C[C@]4(C)[C@H]3CC[C@]12C. The van der Waals surface area contributed by atoms with E-state index in [1.54, 1.807) is 6.08 Å². The van der Waals surface area contributed by atoms with Crippen molar-refractivity contribution in [2.75, 3.05) is 6.61 Å². The number of rotatable bonds is 5. The summed E-state index contributed by atoms with van der Waals surface area (Å²) in [6.07, 6.45) is 5.05. The number of carbonyl (C=O) groups is 1. The molecule has 0 aromatic carbocycles. The van der Waals surface area contributed by atoms with E-state index in [9.17, 15) is 25.2 Å². The number of fused-ring (bicyclic) bond motifs is 5. The Balaban J connectivity index is 1.50. The first-order valence-electron chi connectivity index (χ1n) is 14.4. The largest absolute Gasteiger partial charge is 0.396 e. The summed E-state index contributed by atoms with van der Waals surface area (Å²) in [4.78, 5) is 13.4. The number of aliphatic hydroxyl groups excluding tert-OH is 3. The first-order chi connectivity index (χ1) is 17.1. The van der Waals surface area contributed by atoms with Crippen LogP contribution >= 0.6 is 0 Å².